The lowest BCUT2D eigenvalue weighted by atomic mass is 10.00. The summed E-state index contributed by atoms with van der Waals surface area (Å²) in [5, 5.41) is 3.35. The summed E-state index contributed by atoms with van der Waals surface area (Å²) in [4.78, 5) is 0. The van der Waals surface area contributed by atoms with Gasteiger partial charge in [-0.05, 0) is 47.9 Å². The molecule has 0 spiro atoms. The number of fused-ring (bicyclic) bond motifs is 1. The summed E-state index contributed by atoms with van der Waals surface area (Å²) >= 11 is 0. The van der Waals surface area contributed by atoms with Gasteiger partial charge < -0.3 is 10.1 Å². The van der Waals surface area contributed by atoms with Crippen molar-refractivity contribution < 1.29 is 4.74 Å². The predicted octanol–water partition coefficient (Wildman–Crippen LogP) is 3.79. The zero-order valence-corrected chi connectivity index (χ0v) is 12.1. The third-order valence-electron chi connectivity index (χ3n) is 3.76. The van der Waals surface area contributed by atoms with E-state index >= 15 is 0 Å². The molecule has 3 rings (SSSR count). The van der Waals surface area contributed by atoms with Crippen LogP contribution in [-0.2, 0) is 13.0 Å². The number of hydrogen-bond donors (Lipinski definition) is 1. The van der Waals surface area contributed by atoms with E-state index in [1.54, 1.807) is 0 Å². The first-order valence-electron chi connectivity index (χ1n) is 7.36. The standard InChI is InChI=1S/C18H21NO/c1-3-19-12-14-4-6-15(7-5-14)16-8-9-18-17(11-16)10-13(2)20-18/h4-9,11,13,19H,3,10,12H2,1-2H3. The number of nitrogens with one attached hydrogen (secondary N) is 1. The van der Waals surface area contributed by atoms with Crippen molar-refractivity contribution in [2.24, 2.45) is 0 Å². The first kappa shape index (κ1) is 13.2. The molecule has 0 aliphatic carbocycles. The summed E-state index contributed by atoms with van der Waals surface area (Å²) in [7, 11) is 0. The Morgan fingerprint density at radius 3 is 2.60 bits per heavy atom. The van der Waals surface area contributed by atoms with Crippen molar-refractivity contribution in [1.82, 2.24) is 5.32 Å². The van der Waals surface area contributed by atoms with Gasteiger partial charge in [0.15, 0.2) is 0 Å². The van der Waals surface area contributed by atoms with E-state index in [1.807, 2.05) is 0 Å². The van der Waals surface area contributed by atoms with Crippen LogP contribution in [-0.4, -0.2) is 12.6 Å². The lowest BCUT2D eigenvalue weighted by Gasteiger charge is -2.07. The molecule has 2 heteroatoms. The van der Waals surface area contributed by atoms with Gasteiger partial charge in [0.25, 0.3) is 0 Å². The van der Waals surface area contributed by atoms with Crippen molar-refractivity contribution in [2.75, 3.05) is 6.54 Å². The molecule has 0 radical (unpaired) electrons. The molecule has 1 heterocycles. The van der Waals surface area contributed by atoms with E-state index in [-0.39, 0.29) is 0 Å². The van der Waals surface area contributed by atoms with Crippen LogP contribution >= 0.6 is 0 Å². The summed E-state index contributed by atoms with van der Waals surface area (Å²) < 4.78 is 5.75. The second kappa shape index (κ2) is 5.68. The topological polar surface area (TPSA) is 21.3 Å². The van der Waals surface area contributed by atoms with Gasteiger partial charge in [-0.1, -0.05) is 37.3 Å². The Balaban J connectivity index is 1.81. The maximum Gasteiger partial charge on any atom is 0.123 e. The van der Waals surface area contributed by atoms with E-state index in [0.29, 0.717) is 6.10 Å². The Labute approximate surface area is 120 Å². The quantitative estimate of drug-likeness (QED) is 0.910. The minimum atomic E-state index is 0.308. The van der Waals surface area contributed by atoms with Crippen LogP contribution in [0.25, 0.3) is 11.1 Å². The summed E-state index contributed by atoms with van der Waals surface area (Å²) in [5.74, 6) is 1.05. The molecule has 0 saturated heterocycles. The first-order chi connectivity index (χ1) is 9.76. The van der Waals surface area contributed by atoms with Gasteiger partial charge in [0.05, 0.1) is 0 Å². The number of rotatable bonds is 4. The number of hydrogen-bond acceptors (Lipinski definition) is 2. The van der Waals surface area contributed by atoms with Crippen molar-refractivity contribution in [3.8, 4) is 16.9 Å². The molecule has 0 aromatic heterocycles. The molecule has 104 valence electrons. The van der Waals surface area contributed by atoms with Crippen LogP contribution in [0.15, 0.2) is 42.5 Å². The van der Waals surface area contributed by atoms with Gasteiger partial charge >= 0.3 is 0 Å². The summed E-state index contributed by atoms with van der Waals surface area (Å²) in [6, 6.07) is 15.3. The average Bonchev–Trinajstić information content (AvgIpc) is 2.84. The van der Waals surface area contributed by atoms with Gasteiger partial charge in [-0.15, -0.1) is 0 Å². The highest BCUT2D eigenvalue weighted by Crippen LogP contribution is 2.32. The summed E-state index contributed by atoms with van der Waals surface area (Å²) in [6.45, 7) is 6.19. The van der Waals surface area contributed by atoms with Crippen LogP contribution in [0.2, 0.25) is 0 Å². The Kier molecular flexibility index (Phi) is 3.75. The monoisotopic (exact) mass is 267 g/mol. The van der Waals surface area contributed by atoms with Crippen molar-refractivity contribution in [3.05, 3.63) is 53.6 Å². The molecule has 0 saturated carbocycles. The van der Waals surface area contributed by atoms with Crippen LogP contribution in [0.5, 0.6) is 5.75 Å². The molecule has 20 heavy (non-hydrogen) atoms. The van der Waals surface area contributed by atoms with E-state index in [4.69, 9.17) is 4.74 Å². The largest absolute Gasteiger partial charge is 0.490 e. The molecule has 2 aromatic carbocycles. The van der Waals surface area contributed by atoms with Crippen molar-refractivity contribution in [2.45, 2.75) is 32.9 Å². The highest BCUT2D eigenvalue weighted by Gasteiger charge is 2.18. The normalized spacial score (nSPS) is 16.8. The minimum Gasteiger partial charge on any atom is -0.490 e. The predicted molar refractivity (Wildman–Crippen MR) is 83.1 cm³/mol. The van der Waals surface area contributed by atoms with E-state index in [2.05, 4.69) is 61.6 Å². The minimum absolute atomic E-state index is 0.308. The molecule has 0 bridgehead atoms. The molecule has 1 unspecified atom stereocenters. The van der Waals surface area contributed by atoms with Gasteiger partial charge in [0, 0.05) is 13.0 Å². The van der Waals surface area contributed by atoms with Gasteiger partial charge in [-0.25, -0.2) is 0 Å². The molecule has 1 aliphatic heterocycles. The number of ether oxygens (including phenoxy) is 1. The molecule has 0 amide bonds. The fourth-order valence-corrected chi connectivity index (χ4v) is 2.69. The van der Waals surface area contributed by atoms with Crippen molar-refractivity contribution in [3.63, 3.8) is 0 Å². The molecule has 0 fully saturated rings. The third kappa shape index (κ3) is 2.70. The molecule has 1 aliphatic rings. The Morgan fingerprint density at radius 1 is 1.10 bits per heavy atom. The SMILES string of the molecule is CCNCc1ccc(-c2ccc3c(c2)CC(C)O3)cc1. The molecule has 2 aromatic rings. The number of benzene rings is 2. The molecule has 2 nitrogen and oxygen atoms in total. The molecule has 1 N–H and O–H groups in total. The van der Waals surface area contributed by atoms with Crippen LogP contribution < -0.4 is 10.1 Å². The average molecular weight is 267 g/mol. The maximum absolute atomic E-state index is 5.75. The van der Waals surface area contributed by atoms with Gasteiger partial charge in [-0.2, -0.15) is 0 Å². The summed E-state index contributed by atoms with van der Waals surface area (Å²) in [6.07, 6.45) is 1.32. The van der Waals surface area contributed by atoms with Gasteiger partial charge in [0.1, 0.15) is 11.9 Å². The van der Waals surface area contributed by atoms with Crippen molar-refractivity contribution >= 4 is 0 Å². The second-order valence-electron chi connectivity index (χ2n) is 5.43. The smallest absolute Gasteiger partial charge is 0.123 e. The zero-order chi connectivity index (χ0) is 13.9. The second-order valence-corrected chi connectivity index (χ2v) is 5.43. The van der Waals surface area contributed by atoms with Crippen LogP contribution in [0.4, 0.5) is 0 Å². The highest BCUT2D eigenvalue weighted by molar-refractivity contribution is 5.66. The Bertz CT molecular complexity index is 589. The first-order valence-corrected chi connectivity index (χ1v) is 7.36. The van der Waals surface area contributed by atoms with E-state index < -0.39 is 0 Å². The Morgan fingerprint density at radius 2 is 1.85 bits per heavy atom. The fraction of sp³-hybridized carbons (Fsp3) is 0.333. The lowest BCUT2D eigenvalue weighted by molar-refractivity contribution is 0.254. The fourth-order valence-electron chi connectivity index (χ4n) is 2.69. The molecule has 1 atom stereocenters. The molecular weight excluding hydrogens is 246 g/mol. The van der Waals surface area contributed by atoms with Gasteiger partial charge in [0.2, 0.25) is 0 Å². The zero-order valence-electron chi connectivity index (χ0n) is 12.1. The third-order valence-corrected chi connectivity index (χ3v) is 3.76. The highest BCUT2D eigenvalue weighted by atomic mass is 16.5. The maximum atomic E-state index is 5.75. The van der Waals surface area contributed by atoms with Crippen LogP contribution in [0, 0.1) is 0 Å². The molecular formula is C18H21NO. The Hall–Kier alpha value is -1.80. The van der Waals surface area contributed by atoms with Crippen molar-refractivity contribution in [1.29, 1.82) is 0 Å². The summed E-state index contributed by atoms with van der Waals surface area (Å²) in [5.41, 5.74) is 5.20. The van der Waals surface area contributed by atoms with Crippen LogP contribution in [0.3, 0.4) is 0 Å². The van der Waals surface area contributed by atoms with E-state index in [1.165, 1.54) is 22.3 Å². The van der Waals surface area contributed by atoms with E-state index in [0.717, 1.165) is 25.3 Å². The lowest BCUT2D eigenvalue weighted by Crippen LogP contribution is -2.11. The van der Waals surface area contributed by atoms with Gasteiger partial charge in [-0.3, -0.25) is 0 Å². The van der Waals surface area contributed by atoms with E-state index in [9.17, 15) is 0 Å². The van der Waals surface area contributed by atoms with Crippen LogP contribution in [0.1, 0.15) is 25.0 Å².